The van der Waals surface area contributed by atoms with Crippen molar-refractivity contribution >= 4 is 29.1 Å². The zero-order chi connectivity index (χ0) is 17.9. The van der Waals surface area contributed by atoms with Crippen molar-refractivity contribution in [3.63, 3.8) is 0 Å². The number of rotatable bonds is 6. The Labute approximate surface area is 146 Å². The van der Waals surface area contributed by atoms with Gasteiger partial charge in [-0.1, -0.05) is 6.07 Å². The van der Waals surface area contributed by atoms with Crippen LogP contribution in [0.1, 0.15) is 32.6 Å². The highest BCUT2D eigenvalue weighted by molar-refractivity contribution is 6.13. The summed E-state index contributed by atoms with van der Waals surface area (Å²) in [5, 5.41) is 8.30. The average Bonchev–Trinajstić information content (AvgIpc) is 3.22. The van der Waals surface area contributed by atoms with Crippen LogP contribution in [0.25, 0.3) is 0 Å². The summed E-state index contributed by atoms with van der Waals surface area (Å²) in [6.45, 7) is 2.60. The molecule has 2 aliphatic rings. The average molecular weight is 345 g/mol. The van der Waals surface area contributed by atoms with Gasteiger partial charge in [0.15, 0.2) is 0 Å². The largest absolute Gasteiger partial charge is 0.376 e. The van der Waals surface area contributed by atoms with Gasteiger partial charge in [0, 0.05) is 31.5 Å². The fraction of sp³-hybridized carbons (Fsp3) is 0.500. The summed E-state index contributed by atoms with van der Waals surface area (Å²) in [5.74, 6) is -0.730. The number of hydrogen-bond acceptors (Lipinski definition) is 4. The highest BCUT2D eigenvalue weighted by Gasteiger charge is 2.56. The van der Waals surface area contributed by atoms with Crippen LogP contribution in [0.5, 0.6) is 0 Å². The summed E-state index contributed by atoms with van der Waals surface area (Å²) in [5.41, 5.74) is 0.162. The fourth-order valence-electron chi connectivity index (χ4n) is 2.99. The van der Waals surface area contributed by atoms with Crippen molar-refractivity contribution in [2.45, 2.75) is 38.7 Å². The normalized spacial score (nSPS) is 20.6. The van der Waals surface area contributed by atoms with Gasteiger partial charge < -0.3 is 20.7 Å². The van der Waals surface area contributed by atoms with Crippen LogP contribution in [-0.4, -0.2) is 37.0 Å². The highest BCUT2D eigenvalue weighted by atomic mass is 16.5. The summed E-state index contributed by atoms with van der Waals surface area (Å²) in [6.07, 6.45) is 3.09. The van der Waals surface area contributed by atoms with E-state index >= 15 is 0 Å². The number of anilines is 2. The molecule has 0 spiro atoms. The molecule has 0 radical (unpaired) electrons. The number of ether oxygens (including phenoxy) is 1. The number of amides is 3. The van der Waals surface area contributed by atoms with E-state index in [0.29, 0.717) is 30.8 Å². The quantitative estimate of drug-likeness (QED) is 0.683. The molecule has 1 unspecified atom stereocenters. The summed E-state index contributed by atoms with van der Waals surface area (Å²) in [4.78, 5) is 36.1. The predicted octanol–water partition coefficient (Wildman–Crippen LogP) is 1.66. The van der Waals surface area contributed by atoms with Crippen molar-refractivity contribution in [3.8, 4) is 0 Å². The van der Waals surface area contributed by atoms with Crippen LogP contribution in [0.3, 0.4) is 0 Å². The lowest BCUT2D eigenvalue weighted by Crippen LogP contribution is -2.42. The van der Waals surface area contributed by atoms with Gasteiger partial charge in [-0.05, 0) is 43.9 Å². The molecule has 1 saturated heterocycles. The van der Waals surface area contributed by atoms with Crippen LogP contribution in [0.2, 0.25) is 0 Å². The van der Waals surface area contributed by atoms with Gasteiger partial charge in [0.1, 0.15) is 5.41 Å². The van der Waals surface area contributed by atoms with Crippen molar-refractivity contribution in [2.24, 2.45) is 5.41 Å². The topological polar surface area (TPSA) is 96.5 Å². The summed E-state index contributed by atoms with van der Waals surface area (Å²) in [6, 6.07) is 6.86. The minimum absolute atomic E-state index is 0.0529. The third kappa shape index (κ3) is 4.17. The molecule has 25 heavy (non-hydrogen) atoms. The molecule has 1 aliphatic heterocycles. The first kappa shape index (κ1) is 17.4. The standard InChI is InChI=1S/C18H23N3O4/c1-12(22)20-13-4-2-5-14(10-13)21-17(24)18(7-8-18)16(23)19-11-15-6-3-9-25-15/h2,4-5,10,15H,3,6-9,11H2,1H3,(H,19,23)(H,20,22)(H,21,24). The molecule has 1 atom stereocenters. The molecule has 7 heteroatoms. The zero-order valence-corrected chi connectivity index (χ0v) is 14.3. The number of carbonyl (C=O) groups excluding carboxylic acids is 3. The van der Waals surface area contributed by atoms with Crippen molar-refractivity contribution in [1.29, 1.82) is 0 Å². The van der Waals surface area contributed by atoms with E-state index in [-0.39, 0.29) is 23.8 Å². The molecule has 1 aliphatic carbocycles. The van der Waals surface area contributed by atoms with Crippen molar-refractivity contribution in [1.82, 2.24) is 5.32 Å². The summed E-state index contributed by atoms with van der Waals surface area (Å²) in [7, 11) is 0. The monoisotopic (exact) mass is 345 g/mol. The second-order valence-electron chi connectivity index (χ2n) is 6.64. The Balaban J connectivity index is 1.58. The third-order valence-electron chi connectivity index (χ3n) is 4.57. The molecule has 1 heterocycles. The van der Waals surface area contributed by atoms with Crippen molar-refractivity contribution < 1.29 is 19.1 Å². The van der Waals surface area contributed by atoms with Crippen LogP contribution >= 0.6 is 0 Å². The second-order valence-corrected chi connectivity index (χ2v) is 6.64. The zero-order valence-electron chi connectivity index (χ0n) is 14.3. The first-order valence-corrected chi connectivity index (χ1v) is 8.59. The van der Waals surface area contributed by atoms with E-state index in [1.165, 1.54) is 6.92 Å². The molecule has 0 bridgehead atoms. The maximum absolute atomic E-state index is 12.6. The van der Waals surface area contributed by atoms with Crippen LogP contribution in [0, 0.1) is 5.41 Å². The lowest BCUT2D eigenvalue weighted by Gasteiger charge is -2.17. The van der Waals surface area contributed by atoms with E-state index in [0.717, 1.165) is 19.4 Å². The predicted molar refractivity (Wildman–Crippen MR) is 93.0 cm³/mol. The Morgan fingerprint density at radius 3 is 2.48 bits per heavy atom. The van der Waals surface area contributed by atoms with E-state index in [1.807, 2.05) is 0 Å². The van der Waals surface area contributed by atoms with Gasteiger partial charge in [-0.25, -0.2) is 0 Å². The maximum Gasteiger partial charge on any atom is 0.240 e. The second kappa shape index (κ2) is 7.23. The molecule has 134 valence electrons. The van der Waals surface area contributed by atoms with Gasteiger partial charge in [-0.15, -0.1) is 0 Å². The van der Waals surface area contributed by atoms with Gasteiger partial charge in [-0.3, -0.25) is 14.4 Å². The highest BCUT2D eigenvalue weighted by Crippen LogP contribution is 2.47. The van der Waals surface area contributed by atoms with Gasteiger partial charge >= 0.3 is 0 Å². The summed E-state index contributed by atoms with van der Waals surface area (Å²) < 4.78 is 5.49. The third-order valence-corrected chi connectivity index (χ3v) is 4.57. The first-order chi connectivity index (χ1) is 12.0. The Hall–Kier alpha value is -2.41. The number of hydrogen-bond donors (Lipinski definition) is 3. The van der Waals surface area contributed by atoms with Gasteiger partial charge in [0.2, 0.25) is 17.7 Å². The van der Waals surface area contributed by atoms with E-state index < -0.39 is 5.41 Å². The van der Waals surface area contributed by atoms with E-state index in [2.05, 4.69) is 16.0 Å². The molecule has 3 amide bonds. The maximum atomic E-state index is 12.6. The molecular weight excluding hydrogens is 322 g/mol. The number of benzene rings is 1. The number of carbonyl (C=O) groups is 3. The van der Waals surface area contributed by atoms with E-state index in [1.54, 1.807) is 24.3 Å². The molecule has 1 saturated carbocycles. The molecule has 3 rings (SSSR count). The van der Waals surface area contributed by atoms with Crippen molar-refractivity contribution in [3.05, 3.63) is 24.3 Å². The fourth-order valence-corrected chi connectivity index (χ4v) is 2.99. The van der Waals surface area contributed by atoms with Crippen LogP contribution in [-0.2, 0) is 19.1 Å². The lowest BCUT2D eigenvalue weighted by atomic mass is 10.0. The molecular formula is C18H23N3O4. The van der Waals surface area contributed by atoms with Gasteiger partial charge in [0.05, 0.1) is 6.10 Å². The Bertz CT molecular complexity index is 679. The van der Waals surface area contributed by atoms with Crippen LogP contribution < -0.4 is 16.0 Å². The van der Waals surface area contributed by atoms with Crippen LogP contribution in [0.4, 0.5) is 11.4 Å². The Morgan fingerprint density at radius 1 is 1.16 bits per heavy atom. The molecule has 1 aromatic carbocycles. The van der Waals surface area contributed by atoms with Crippen molar-refractivity contribution in [2.75, 3.05) is 23.8 Å². The Morgan fingerprint density at radius 2 is 1.88 bits per heavy atom. The lowest BCUT2D eigenvalue weighted by molar-refractivity contribution is -0.134. The van der Waals surface area contributed by atoms with Gasteiger partial charge in [0.25, 0.3) is 0 Å². The minimum Gasteiger partial charge on any atom is -0.376 e. The van der Waals surface area contributed by atoms with E-state index in [9.17, 15) is 14.4 Å². The van der Waals surface area contributed by atoms with Gasteiger partial charge in [-0.2, -0.15) is 0 Å². The molecule has 0 aromatic heterocycles. The molecule has 2 fully saturated rings. The SMILES string of the molecule is CC(=O)Nc1cccc(NC(=O)C2(C(=O)NCC3CCCO3)CC2)c1. The van der Waals surface area contributed by atoms with E-state index in [4.69, 9.17) is 4.74 Å². The first-order valence-electron chi connectivity index (χ1n) is 8.59. The molecule has 3 N–H and O–H groups in total. The van der Waals surface area contributed by atoms with Crippen LogP contribution in [0.15, 0.2) is 24.3 Å². The minimum atomic E-state index is -0.984. The molecule has 7 nitrogen and oxygen atoms in total. The number of nitrogens with one attached hydrogen (secondary N) is 3. The summed E-state index contributed by atoms with van der Waals surface area (Å²) >= 11 is 0. The molecule has 1 aromatic rings. The smallest absolute Gasteiger partial charge is 0.240 e. The Kier molecular flexibility index (Phi) is 5.03.